The molecule has 4 saturated carbocycles. The predicted molar refractivity (Wildman–Crippen MR) is 87.7 cm³/mol. The fourth-order valence-electron chi connectivity index (χ4n) is 7.45. The van der Waals surface area contributed by atoms with Crippen molar-refractivity contribution in [2.24, 2.45) is 40.4 Å². The van der Waals surface area contributed by atoms with Crippen molar-refractivity contribution in [3.05, 3.63) is 0 Å². The van der Waals surface area contributed by atoms with Gasteiger partial charge in [-0.05, 0) is 61.7 Å². The minimum absolute atomic E-state index is 0.0657. The molecule has 0 aromatic carbocycles. The van der Waals surface area contributed by atoms with Gasteiger partial charge in [0.05, 0.1) is 0 Å². The van der Waals surface area contributed by atoms with E-state index in [2.05, 4.69) is 13.8 Å². The lowest BCUT2D eigenvalue weighted by atomic mass is 9.42. The van der Waals surface area contributed by atoms with Crippen molar-refractivity contribution >= 4 is 11.6 Å². The van der Waals surface area contributed by atoms with E-state index in [0.29, 0.717) is 48.1 Å². The van der Waals surface area contributed by atoms with E-state index in [-0.39, 0.29) is 23.4 Å². The standard InChI is InChI=1S/C20H30O3/c1-12-9-14(22)10-13-3-4-15-16-5-6-18(23)19(16,2)8-7-17(15)20(12,13)11-21/h12-13,15-17,21H,3-11H2,1-2H3/t12-,13-,15-,16-,17-,19-,20-/m0/s1. The lowest BCUT2D eigenvalue weighted by Gasteiger charge is -2.62. The molecule has 0 spiro atoms. The van der Waals surface area contributed by atoms with Gasteiger partial charge in [-0.1, -0.05) is 13.8 Å². The Balaban J connectivity index is 1.71. The van der Waals surface area contributed by atoms with E-state index < -0.39 is 0 Å². The van der Waals surface area contributed by atoms with Crippen LogP contribution in [0.25, 0.3) is 0 Å². The minimum Gasteiger partial charge on any atom is -0.396 e. The van der Waals surface area contributed by atoms with Crippen LogP contribution in [0.5, 0.6) is 0 Å². The number of aliphatic hydroxyl groups is 1. The van der Waals surface area contributed by atoms with Crippen molar-refractivity contribution < 1.29 is 14.7 Å². The smallest absolute Gasteiger partial charge is 0.139 e. The van der Waals surface area contributed by atoms with Crippen molar-refractivity contribution in [3.8, 4) is 0 Å². The number of fused-ring (bicyclic) bond motifs is 5. The second kappa shape index (κ2) is 5.15. The van der Waals surface area contributed by atoms with Gasteiger partial charge in [0, 0.05) is 36.7 Å². The third kappa shape index (κ3) is 1.92. The molecule has 1 N–H and O–H groups in total. The quantitative estimate of drug-likeness (QED) is 0.806. The van der Waals surface area contributed by atoms with Gasteiger partial charge in [-0.3, -0.25) is 9.59 Å². The van der Waals surface area contributed by atoms with E-state index in [9.17, 15) is 14.7 Å². The number of carbonyl (C=O) groups excluding carboxylic acids is 2. The maximum Gasteiger partial charge on any atom is 0.139 e. The lowest BCUT2D eigenvalue weighted by molar-refractivity contribution is -0.169. The number of hydrogen-bond acceptors (Lipinski definition) is 3. The molecule has 4 aliphatic carbocycles. The molecule has 0 aromatic rings. The van der Waals surface area contributed by atoms with Gasteiger partial charge in [0.15, 0.2) is 0 Å². The maximum absolute atomic E-state index is 12.5. The zero-order valence-electron chi connectivity index (χ0n) is 14.5. The van der Waals surface area contributed by atoms with Crippen LogP contribution in [-0.4, -0.2) is 23.3 Å². The predicted octanol–water partition coefficient (Wildman–Crippen LogP) is 3.39. The molecule has 0 aromatic heterocycles. The molecule has 128 valence electrons. The molecule has 4 aliphatic rings. The number of hydrogen-bond donors (Lipinski definition) is 1. The van der Waals surface area contributed by atoms with E-state index in [1.54, 1.807) is 0 Å². The number of aliphatic hydroxyl groups excluding tert-OH is 1. The van der Waals surface area contributed by atoms with E-state index >= 15 is 0 Å². The Morgan fingerprint density at radius 2 is 1.87 bits per heavy atom. The number of rotatable bonds is 1. The second-order valence-electron chi connectivity index (χ2n) is 9.19. The lowest BCUT2D eigenvalue weighted by Crippen LogP contribution is -2.59. The van der Waals surface area contributed by atoms with Crippen molar-refractivity contribution in [1.82, 2.24) is 0 Å². The van der Waals surface area contributed by atoms with Gasteiger partial charge in [-0.25, -0.2) is 0 Å². The summed E-state index contributed by atoms with van der Waals surface area (Å²) in [6.07, 6.45) is 7.41. The van der Waals surface area contributed by atoms with Crippen LogP contribution in [0.2, 0.25) is 0 Å². The average Bonchev–Trinajstić information content (AvgIpc) is 2.82. The Morgan fingerprint density at radius 3 is 2.61 bits per heavy atom. The summed E-state index contributed by atoms with van der Waals surface area (Å²) in [4.78, 5) is 24.5. The first-order chi connectivity index (χ1) is 10.9. The molecular weight excluding hydrogens is 288 g/mol. The molecule has 0 unspecified atom stereocenters. The molecule has 0 saturated heterocycles. The first kappa shape index (κ1) is 15.8. The average molecular weight is 318 g/mol. The number of Topliss-reactive ketones (excluding diaryl/α,β-unsaturated/α-hetero) is 2. The molecule has 0 aliphatic heterocycles. The molecule has 0 bridgehead atoms. The van der Waals surface area contributed by atoms with Crippen LogP contribution in [-0.2, 0) is 9.59 Å². The van der Waals surface area contributed by atoms with Crippen molar-refractivity contribution in [2.75, 3.05) is 6.61 Å². The Bertz CT molecular complexity index is 541. The topological polar surface area (TPSA) is 54.4 Å². The molecule has 4 fully saturated rings. The maximum atomic E-state index is 12.5. The van der Waals surface area contributed by atoms with Crippen LogP contribution in [0.4, 0.5) is 0 Å². The van der Waals surface area contributed by atoms with Crippen LogP contribution >= 0.6 is 0 Å². The molecule has 3 heteroatoms. The zero-order chi connectivity index (χ0) is 16.4. The van der Waals surface area contributed by atoms with Gasteiger partial charge < -0.3 is 5.11 Å². The summed E-state index contributed by atoms with van der Waals surface area (Å²) in [6, 6.07) is 0. The van der Waals surface area contributed by atoms with Crippen molar-refractivity contribution in [2.45, 2.75) is 65.2 Å². The van der Waals surface area contributed by atoms with Gasteiger partial charge in [-0.2, -0.15) is 0 Å². The fourth-order valence-corrected chi connectivity index (χ4v) is 7.45. The highest BCUT2D eigenvalue weighted by atomic mass is 16.3. The van der Waals surface area contributed by atoms with Gasteiger partial charge in [0.1, 0.15) is 11.6 Å². The fraction of sp³-hybridized carbons (Fsp3) is 0.900. The van der Waals surface area contributed by atoms with Gasteiger partial charge >= 0.3 is 0 Å². The monoisotopic (exact) mass is 318 g/mol. The first-order valence-corrected chi connectivity index (χ1v) is 9.59. The summed E-state index contributed by atoms with van der Waals surface area (Å²) in [5, 5.41) is 10.5. The third-order valence-corrected chi connectivity index (χ3v) is 8.64. The van der Waals surface area contributed by atoms with E-state index in [1.165, 1.54) is 0 Å². The van der Waals surface area contributed by atoms with E-state index in [1.807, 2.05) is 0 Å². The highest BCUT2D eigenvalue weighted by Gasteiger charge is 2.63. The normalized spacial score (nSPS) is 52.7. The Kier molecular flexibility index (Phi) is 3.54. The second-order valence-corrected chi connectivity index (χ2v) is 9.19. The summed E-state index contributed by atoms with van der Waals surface area (Å²) in [5.74, 6) is 3.13. The van der Waals surface area contributed by atoms with Crippen molar-refractivity contribution in [3.63, 3.8) is 0 Å². The Hall–Kier alpha value is -0.700. The van der Waals surface area contributed by atoms with E-state index in [4.69, 9.17) is 0 Å². The van der Waals surface area contributed by atoms with Crippen LogP contribution in [0.1, 0.15) is 65.2 Å². The van der Waals surface area contributed by atoms with Gasteiger partial charge in [-0.15, -0.1) is 0 Å². The van der Waals surface area contributed by atoms with Crippen molar-refractivity contribution in [1.29, 1.82) is 0 Å². The van der Waals surface area contributed by atoms with Gasteiger partial charge in [0.2, 0.25) is 0 Å². The highest BCUT2D eigenvalue weighted by Crippen LogP contribution is 2.66. The van der Waals surface area contributed by atoms with Crippen LogP contribution in [0.3, 0.4) is 0 Å². The summed E-state index contributed by atoms with van der Waals surface area (Å²) < 4.78 is 0. The first-order valence-electron chi connectivity index (χ1n) is 9.59. The molecule has 7 atom stereocenters. The molecule has 4 rings (SSSR count). The highest BCUT2D eigenvalue weighted by molar-refractivity contribution is 5.87. The third-order valence-electron chi connectivity index (χ3n) is 8.64. The molecule has 3 nitrogen and oxygen atoms in total. The number of ketones is 2. The van der Waals surface area contributed by atoms with E-state index in [0.717, 1.165) is 38.5 Å². The largest absolute Gasteiger partial charge is 0.396 e. The molecular formula is C20H30O3. The van der Waals surface area contributed by atoms with Crippen LogP contribution < -0.4 is 0 Å². The minimum atomic E-state index is -0.0988. The summed E-state index contributed by atoms with van der Waals surface area (Å²) in [7, 11) is 0. The molecule has 0 radical (unpaired) electrons. The molecule has 23 heavy (non-hydrogen) atoms. The van der Waals surface area contributed by atoms with Gasteiger partial charge in [0.25, 0.3) is 0 Å². The van der Waals surface area contributed by atoms with Crippen LogP contribution in [0.15, 0.2) is 0 Å². The SMILES string of the molecule is C[C@H]1CC(=O)C[C@@H]2CC[C@@H]3[C@H](CC[C@]4(C)C(=O)CC[C@@H]34)[C@]21CO. The Morgan fingerprint density at radius 1 is 1.09 bits per heavy atom. The molecule has 0 heterocycles. The summed E-state index contributed by atoms with van der Waals surface area (Å²) >= 11 is 0. The zero-order valence-corrected chi connectivity index (χ0v) is 14.5. The number of carbonyl (C=O) groups is 2. The Labute approximate surface area is 139 Å². The van der Waals surface area contributed by atoms with Crippen LogP contribution in [0, 0.1) is 40.4 Å². The summed E-state index contributed by atoms with van der Waals surface area (Å²) in [5.41, 5.74) is -0.165. The summed E-state index contributed by atoms with van der Waals surface area (Å²) in [6.45, 7) is 4.62. The molecule has 0 amide bonds.